The van der Waals surface area contributed by atoms with Gasteiger partial charge in [0.15, 0.2) is 0 Å². The first-order valence-electron chi connectivity index (χ1n) is 9.08. The van der Waals surface area contributed by atoms with E-state index in [-0.39, 0.29) is 5.92 Å². The van der Waals surface area contributed by atoms with E-state index in [2.05, 4.69) is 13.8 Å². The number of para-hydroxylation sites is 1. The van der Waals surface area contributed by atoms with Gasteiger partial charge in [-0.05, 0) is 37.8 Å². The molecule has 2 heterocycles. The predicted molar refractivity (Wildman–Crippen MR) is 98.8 cm³/mol. The summed E-state index contributed by atoms with van der Waals surface area (Å²) in [5.74, 6) is 0.837. The molecule has 4 nitrogen and oxygen atoms in total. The molecule has 0 unspecified atom stereocenters. The highest BCUT2D eigenvalue weighted by atomic mass is 16.2. The number of amides is 1. The highest BCUT2D eigenvalue weighted by molar-refractivity contribution is 5.82. The summed E-state index contributed by atoms with van der Waals surface area (Å²) in [6.45, 7) is 5.82. The molecule has 0 bridgehead atoms. The van der Waals surface area contributed by atoms with Crippen LogP contribution in [0.4, 0.5) is 5.69 Å². The van der Waals surface area contributed by atoms with E-state index in [1.54, 1.807) is 0 Å². The van der Waals surface area contributed by atoms with Crippen molar-refractivity contribution in [1.29, 1.82) is 0 Å². The lowest BCUT2D eigenvalue weighted by molar-refractivity contribution is -0.136. The first-order chi connectivity index (χ1) is 11.6. The smallest absolute Gasteiger partial charge is 0.225 e. The van der Waals surface area contributed by atoms with Crippen molar-refractivity contribution in [2.24, 2.45) is 5.92 Å². The number of likely N-dealkylation sites (tertiary alicyclic amines) is 1. The van der Waals surface area contributed by atoms with Crippen molar-refractivity contribution in [3.63, 3.8) is 0 Å². The molecule has 1 aromatic heterocycles. The van der Waals surface area contributed by atoms with E-state index in [4.69, 9.17) is 10.7 Å². The number of carbonyl (C=O) groups excluding carboxylic acids is 1. The van der Waals surface area contributed by atoms with Gasteiger partial charge in [0.05, 0.1) is 16.9 Å². The van der Waals surface area contributed by atoms with Crippen LogP contribution < -0.4 is 5.73 Å². The third-order valence-electron chi connectivity index (χ3n) is 5.31. The van der Waals surface area contributed by atoms with E-state index in [0.717, 1.165) is 61.1 Å². The Bertz CT molecular complexity index is 716. The van der Waals surface area contributed by atoms with Gasteiger partial charge < -0.3 is 10.6 Å². The molecule has 24 heavy (non-hydrogen) atoms. The van der Waals surface area contributed by atoms with Crippen molar-refractivity contribution < 1.29 is 4.79 Å². The van der Waals surface area contributed by atoms with Gasteiger partial charge in [0.2, 0.25) is 5.91 Å². The lowest BCUT2D eigenvalue weighted by Crippen LogP contribution is -2.41. The molecule has 0 radical (unpaired) electrons. The van der Waals surface area contributed by atoms with Gasteiger partial charge in [-0.25, -0.2) is 0 Å². The maximum atomic E-state index is 12.5. The Morgan fingerprint density at radius 1 is 1.25 bits per heavy atom. The molecule has 3 rings (SSSR count). The minimum absolute atomic E-state index is 0.172. The second kappa shape index (κ2) is 7.20. The zero-order valence-electron chi connectivity index (χ0n) is 14.7. The van der Waals surface area contributed by atoms with Crippen molar-refractivity contribution in [3.8, 4) is 0 Å². The zero-order chi connectivity index (χ0) is 17.1. The number of benzene rings is 1. The summed E-state index contributed by atoms with van der Waals surface area (Å²) >= 11 is 0. The number of carbonyl (C=O) groups is 1. The number of rotatable bonds is 4. The topological polar surface area (TPSA) is 59.2 Å². The number of anilines is 1. The number of hydrogen-bond acceptors (Lipinski definition) is 3. The quantitative estimate of drug-likeness (QED) is 0.925. The van der Waals surface area contributed by atoms with Crippen LogP contribution in [-0.4, -0.2) is 28.9 Å². The number of pyridine rings is 1. The Balaban J connectivity index is 1.73. The van der Waals surface area contributed by atoms with Crippen LogP contribution in [0.25, 0.3) is 10.9 Å². The fraction of sp³-hybridized carbons (Fsp3) is 0.500. The predicted octanol–water partition coefficient (Wildman–Crippen LogP) is 3.96. The van der Waals surface area contributed by atoms with Crippen LogP contribution in [0, 0.1) is 5.92 Å². The summed E-state index contributed by atoms with van der Waals surface area (Å²) in [7, 11) is 0. The van der Waals surface area contributed by atoms with Crippen molar-refractivity contribution in [1.82, 2.24) is 9.88 Å². The fourth-order valence-electron chi connectivity index (χ4n) is 3.74. The molecule has 128 valence electrons. The second-order valence-electron chi connectivity index (χ2n) is 6.77. The van der Waals surface area contributed by atoms with Crippen LogP contribution in [0.1, 0.15) is 51.1 Å². The minimum Gasteiger partial charge on any atom is -0.397 e. The monoisotopic (exact) mass is 325 g/mol. The molecule has 0 saturated carbocycles. The van der Waals surface area contributed by atoms with E-state index in [0.29, 0.717) is 11.8 Å². The number of fused-ring (bicyclic) bond motifs is 1. The summed E-state index contributed by atoms with van der Waals surface area (Å²) < 4.78 is 0. The largest absolute Gasteiger partial charge is 0.397 e. The number of piperidine rings is 1. The minimum atomic E-state index is 0.172. The Morgan fingerprint density at radius 3 is 2.58 bits per heavy atom. The molecule has 1 amide bonds. The third kappa shape index (κ3) is 3.23. The van der Waals surface area contributed by atoms with Gasteiger partial charge in [0.25, 0.3) is 0 Å². The molecule has 1 aliphatic heterocycles. The average Bonchev–Trinajstić information content (AvgIpc) is 2.62. The first-order valence-corrected chi connectivity index (χ1v) is 9.08. The molecule has 1 saturated heterocycles. The van der Waals surface area contributed by atoms with Gasteiger partial charge in [-0.15, -0.1) is 0 Å². The van der Waals surface area contributed by atoms with Crippen LogP contribution in [0.15, 0.2) is 30.3 Å². The Hall–Kier alpha value is -2.10. The summed E-state index contributed by atoms with van der Waals surface area (Å²) in [6.07, 6.45) is 3.74. The van der Waals surface area contributed by atoms with Gasteiger partial charge >= 0.3 is 0 Å². The van der Waals surface area contributed by atoms with Gasteiger partial charge in [-0.3, -0.25) is 9.78 Å². The van der Waals surface area contributed by atoms with Gasteiger partial charge in [-0.2, -0.15) is 0 Å². The van der Waals surface area contributed by atoms with Crippen molar-refractivity contribution in [3.05, 3.63) is 36.0 Å². The molecule has 0 atom stereocenters. The molecule has 4 heteroatoms. The SMILES string of the molecule is CCC(CC)C(=O)N1CCC(c2nc3ccccc3cc2N)CC1. The van der Waals surface area contributed by atoms with E-state index in [1.807, 2.05) is 35.2 Å². The summed E-state index contributed by atoms with van der Waals surface area (Å²) in [6, 6.07) is 10.1. The lowest BCUT2D eigenvalue weighted by atomic mass is 9.90. The van der Waals surface area contributed by atoms with Crippen LogP contribution in [0.2, 0.25) is 0 Å². The summed E-state index contributed by atoms with van der Waals surface area (Å²) in [4.78, 5) is 19.4. The maximum absolute atomic E-state index is 12.5. The molecule has 0 aliphatic carbocycles. The normalized spacial score (nSPS) is 16.0. The highest BCUT2D eigenvalue weighted by Gasteiger charge is 2.28. The third-order valence-corrected chi connectivity index (χ3v) is 5.31. The van der Waals surface area contributed by atoms with Crippen molar-refractivity contribution in [2.45, 2.75) is 45.4 Å². The number of nitrogens with two attached hydrogens (primary N) is 1. The van der Waals surface area contributed by atoms with E-state index in [1.165, 1.54) is 0 Å². The van der Waals surface area contributed by atoms with Gasteiger partial charge in [0.1, 0.15) is 0 Å². The van der Waals surface area contributed by atoms with Crippen LogP contribution in [-0.2, 0) is 4.79 Å². The second-order valence-corrected chi connectivity index (χ2v) is 6.77. The highest BCUT2D eigenvalue weighted by Crippen LogP contribution is 2.32. The molecule has 1 fully saturated rings. The standard InChI is InChI=1S/C20H27N3O/c1-3-14(4-2)20(24)23-11-9-15(10-12-23)19-17(21)13-16-7-5-6-8-18(16)22-19/h5-8,13-15H,3-4,9-12,21H2,1-2H3. The first kappa shape index (κ1) is 16.7. The van der Waals surface area contributed by atoms with Crippen LogP contribution >= 0.6 is 0 Å². The fourth-order valence-corrected chi connectivity index (χ4v) is 3.74. The van der Waals surface area contributed by atoms with Crippen LogP contribution in [0.5, 0.6) is 0 Å². The number of nitrogen functional groups attached to an aromatic ring is 1. The van der Waals surface area contributed by atoms with E-state index in [9.17, 15) is 4.79 Å². The molecule has 2 aromatic rings. The Kier molecular flexibility index (Phi) is 5.03. The molecule has 1 aliphatic rings. The molecule has 1 aromatic carbocycles. The van der Waals surface area contributed by atoms with Crippen molar-refractivity contribution in [2.75, 3.05) is 18.8 Å². The lowest BCUT2D eigenvalue weighted by Gasteiger charge is -2.34. The number of nitrogens with zero attached hydrogens (tertiary/aromatic N) is 2. The van der Waals surface area contributed by atoms with Gasteiger partial charge in [0, 0.05) is 30.3 Å². The summed E-state index contributed by atoms with van der Waals surface area (Å²) in [5, 5.41) is 1.08. The Labute approximate surface area is 144 Å². The number of aromatic nitrogens is 1. The van der Waals surface area contributed by atoms with E-state index < -0.39 is 0 Å². The van der Waals surface area contributed by atoms with Crippen molar-refractivity contribution >= 4 is 22.5 Å². The van der Waals surface area contributed by atoms with E-state index >= 15 is 0 Å². The Morgan fingerprint density at radius 2 is 1.92 bits per heavy atom. The number of hydrogen-bond donors (Lipinski definition) is 1. The average molecular weight is 325 g/mol. The van der Waals surface area contributed by atoms with Gasteiger partial charge in [-0.1, -0.05) is 32.0 Å². The molecule has 0 spiro atoms. The maximum Gasteiger partial charge on any atom is 0.225 e. The van der Waals surface area contributed by atoms with Crippen LogP contribution in [0.3, 0.4) is 0 Å². The molecule has 2 N–H and O–H groups in total. The zero-order valence-corrected chi connectivity index (χ0v) is 14.7. The summed E-state index contributed by atoms with van der Waals surface area (Å²) in [5.41, 5.74) is 9.04. The molecular formula is C20H27N3O. The molecular weight excluding hydrogens is 298 g/mol.